The lowest BCUT2D eigenvalue weighted by atomic mass is 10.1. The lowest BCUT2D eigenvalue weighted by molar-refractivity contribution is 0.0561. The van der Waals surface area contributed by atoms with Crippen molar-refractivity contribution in [1.82, 2.24) is 19.6 Å². The number of carbonyl (C=O) groups is 1. The van der Waals surface area contributed by atoms with Crippen LogP contribution >= 0.6 is 11.6 Å². The first kappa shape index (κ1) is 12.9. The molecule has 104 valence electrons. The van der Waals surface area contributed by atoms with E-state index in [4.69, 9.17) is 11.6 Å². The Morgan fingerprint density at radius 1 is 1.37 bits per heavy atom. The molecule has 19 heavy (non-hydrogen) atoms. The Kier molecular flexibility index (Phi) is 3.27. The molecule has 0 bridgehead atoms. The van der Waals surface area contributed by atoms with Gasteiger partial charge >= 0.3 is 0 Å². The van der Waals surface area contributed by atoms with Crippen molar-refractivity contribution in [3.63, 3.8) is 0 Å². The van der Waals surface area contributed by atoms with Crippen molar-refractivity contribution in [2.75, 3.05) is 26.2 Å². The molecule has 6 heteroatoms. The highest BCUT2D eigenvalue weighted by Crippen LogP contribution is 2.25. The van der Waals surface area contributed by atoms with Crippen LogP contribution in [0.2, 0.25) is 5.02 Å². The molecular weight excluding hydrogens is 264 g/mol. The number of amides is 1. The highest BCUT2D eigenvalue weighted by atomic mass is 35.5. The van der Waals surface area contributed by atoms with E-state index in [0.29, 0.717) is 22.5 Å². The van der Waals surface area contributed by atoms with E-state index in [-0.39, 0.29) is 5.91 Å². The fourth-order valence-corrected chi connectivity index (χ4v) is 3.43. The Hall–Kier alpha value is -1.07. The van der Waals surface area contributed by atoms with Crippen LogP contribution < -0.4 is 0 Å². The van der Waals surface area contributed by atoms with Crippen molar-refractivity contribution in [2.24, 2.45) is 7.05 Å². The normalized spacial score (nSPS) is 23.7. The molecule has 2 fully saturated rings. The molecule has 5 nitrogen and oxygen atoms in total. The molecule has 1 aromatic rings. The zero-order valence-electron chi connectivity index (χ0n) is 11.4. The van der Waals surface area contributed by atoms with Crippen LogP contribution in [0.5, 0.6) is 0 Å². The van der Waals surface area contributed by atoms with Crippen LogP contribution in [0.1, 0.15) is 29.0 Å². The van der Waals surface area contributed by atoms with E-state index in [1.807, 2.05) is 11.8 Å². The summed E-state index contributed by atoms with van der Waals surface area (Å²) in [4.78, 5) is 17.0. The highest BCUT2D eigenvalue weighted by Gasteiger charge is 2.34. The number of fused-ring (bicyclic) bond motifs is 1. The molecule has 0 spiro atoms. The zero-order valence-corrected chi connectivity index (χ0v) is 12.2. The van der Waals surface area contributed by atoms with E-state index >= 15 is 0 Å². The van der Waals surface area contributed by atoms with Crippen LogP contribution in [0.25, 0.3) is 0 Å². The summed E-state index contributed by atoms with van der Waals surface area (Å²) in [5.41, 5.74) is 1.23. The first-order chi connectivity index (χ1) is 9.08. The SMILES string of the molecule is Cc1nn(C)c(C(=O)N2CCN3CCCC3C2)c1Cl. The highest BCUT2D eigenvalue weighted by molar-refractivity contribution is 6.34. The summed E-state index contributed by atoms with van der Waals surface area (Å²) in [7, 11) is 1.78. The number of hydrogen-bond donors (Lipinski definition) is 0. The summed E-state index contributed by atoms with van der Waals surface area (Å²) in [5, 5.41) is 4.71. The smallest absolute Gasteiger partial charge is 0.273 e. The summed E-state index contributed by atoms with van der Waals surface area (Å²) >= 11 is 6.20. The number of nitrogens with zero attached hydrogens (tertiary/aromatic N) is 4. The number of carbonyl (C=O) groups excluding carboxylic acids is 1. The second kappa shape index (κ2) is 4.80. The minimum Gasteiger partial charge on any atom is -0.334 e. The molecule has 3 heterocycles. The third-order valence-corrected chi connectivity index (χ3v) is 4.68. The molecule has 3 rings (SSSR count). The molecule has 0 N–H and O–H groups in total. The van der Waals surface area contributed by atoms with Gasteiger partial charge < -0.3 is 4.90 Å². The van der Waals surface area contributed by atoms with Crippen molar-refractivity contribution in [2.45, 2.75) is 25.8 Å². The van der Waals surface area contributed by atoms with Gasteiger partial charge in [-0.3, -0.25) is 14.4 Å². The number of piperazine rings is 1. The van der Waals surface area contributed by atoms with Gasteiger partial charge in [-0.05, 0) is 26.3 Å². The molecule has 2 saturated heterocycles. The molecular formula is C13H19ClN4O. The number of rotatable bonds is 1. The predicted molar refractivity (Wildman–Crippen MR) is 73.5 cm³/mol. The van der Waals surface area contributed by atoms with E-state index in [1.165, 1.54) is 19.4 Å². The standard InChI is InChI=1S/C13H19ClN4O/c1-9-11(14)12(16(2)15-9)13(19)18-7-6-17-5-3-4-10(17)8-18/h10H,3-8H2,1-2H3. The number of halogens is 1. The van der Waals surface area contributed by atoms with Gasteiger partial charge in [0, 0.05) is 32.7 Å². The van der Waals surface area contributed by atoms with Crippen LogP contribution in [0.3, 0.4) is 0 Å². The Balaban J connectivity index is 1.80. The third kappa shape index (κ3) is 2.15. The fourth-order valence-electron chi connectivity index (χ4n) is 3.19. The third-order valence-electron chi connectivity index (χ3n) is 4.23. The van der Waals surface area contributed by atoms with Crippen molar-refractivity contribution in [3.05, 3.63) is 16.4 Å². The zero-order chi connectivity index (χ0) is 13.6. The van der Waals surface area contributed by atoms with Gasteiger partial charge in [0.1, 0.15) is 5.69 Å². The van der Waals surface area contributed by atoms with Gasteiger partial charge in [-0.2, -0.15) is 5.10 Å². The van der Waals surface area contributed by atoms with E-state index in [0.717, 1.165) is 19.6 Å². The molecule has 0 aliphatic carbocycles. The maximum Gasteiger partial charge on any atom is 0.273 e. The Labute approximate surface area is 118 Å². The summed E-state index contributed by atoms with van der Waals surface area (Å²) in [6.07, 6.45) is 2.44. The topological polar surface area (TPSA) is 41.4 Å². The summed E-state index contributed by atoms with van der Waals surface area (Å²) in [6, 6.07) is 0.533. The van der Waals surface area contributed by atoms with Crippen LogP contribution in [-0.4, -0.2) is 57.7 Å². The number of hydrogen-bond acceptors (Lipinski definition) is 3. The van der Waals surface area contributed by atoms with Gasteiger partial charge in [0.15, 0.2) is 0 Å². The van der Waals surface area contributed by atoms with Crippen LogP contribution in [0.15, 0.2) is 0 Å². The molecule has 1 unspecified atom stereocenters. The van der Waals surface area contributed by atoms with Crippen molar-refractivity contribution < 1.29 is 4.79 Å². The second-order valence-corrected chi connectivity index (χ2v) is 5.83. The molecule has 1 aromatic heterocycles. The van der Waals surface area contributed by atoms with Gasteiger partial charge in [-0.25, -0.2) is 0 Å². The second-order valence-electron chi connectivity index (χ2n) is 5.45. The molecule has 1 amide bonds. The maximum atomic E-state index is 12.6. The quantitative estimate of drug-likeness (QED) is 0.780. The van der Waals surface area contributed by atoms with Crippen LogP contribution in [-0.2, 0) is 7.05 Å². The summed E-state index contributed by atoms with van der Waals surface area (Å²) < 4.78 is 1.60. The van der Waals surface area contributed by atoms with Crippen molar-refractivity contribution >= 4 is 17.5 Å². The van der Waals surface area contributed by atoms with Gasteiger partial charge in [0.05, 0.1) is 10.7 Å². The van der Waals surface area contributed by atoms with E-state index in [9.17, 15) is 4.79 Å². The van der Waals surface area contributed by atoms with Gasteiger partial charge in [-0.15, -0.1) is 0 Å². The monoisotopic (exact) mass is 282 g/mol. The summed E-state index contributed by atoms with van der Waals surface area (Å²) in [5.74, 6) is 0.0136. The Morgan fingerprint density at radius 3 is 2.84 bits per heavy atom. The van der Waals surface area contributed by atoms with E-state index < -0.39 is 0 Å². The minimum atomic E-state index is 0.0136. The van der Waals surface area contributed by atoms with Crippen LogP contribution in [0, 0.1) is 6.92 Å². The van der Waals surface area contributed by atoms with Gasteiger partial charge in [0.2, 0.25) is 0 Å². The fraction of sp³-hybridized carbons (Fsp3) is 0.692. The molecule has 2 aliphatic heterocycles. The molecule has 0 radical (unpaired) electrons. The molecule has 0 saturated carbocycles. The largest absolute Gasteiger partial charge is 0.334 e. The lowest BCUT2D eigenvalue weighted by Gasteiger charge is -2.37. The molecule has 2 aliphatic rings. The first-order valence-electron chi connectivity index (χ1n) is 6.80. The van der Waals surface area contributed by atoms with Gasteiger partial charge in [-0.1, -0.05) is 11.6 Å². The Bertz CT molecular complexity index is 513. The summed E-state index contributed by atoms with van der Waals surface area (Å²) in [6.45, 7) is 5.59. The molecule has 1 atom stereocenters. The average molecular weight is 283 g/mol. The number of aryl methyl sites for hydroxylation is 2. The first-order valence-corrected chi connectivity index (χ1v) is 7.18. The van der Waals surface area contributed by atoms with Crippen molar-refractivity contribution in [3.8, 4) is 0 Å². The van der Waals surface area contributed by atoms with E-state index in [1.54, 1.807) is 11.7 Å². The van der Waals surface area contributed by atoms with Crippen LogP contribution in [0.4, 0.5) is 0 Å². The van der Waals surface area contributed by atoms with E-state index in [2.05, 4.69) is 10.00 Å². The van der Waals surface area contributed by atoms with Gasteiger partial charge in [0.25, 0.3) is 5.91 Å². The molecule has 0 aromatic carbocycles. The maximum absolute atomic E-state index is 12.6. The number of aromatic nitrogens is 2. The minimum absolute atomic E-state index is 0.0136. The predicted octanol–water partition coefficient (Wildman–Crippen LogP) is 1.30. The Morgan fingerprint density at radius 2 is 2.16 bits per heavy atom. The lowest BCUT2D eigenvalue weighted by Crippen LogP contribution is -2.52. The van der Waals surface area contributed by atoms with Crippen molar-refractivity contribution in [1.29, 1.82) is 0 Å². The average Bonchev–Trinajstić information content (AvgIpc) is 2.94.